The van der Waals surface area contributed by atoms with Crippen molar-refractivity contribution in [1.29, 1.82) is 0 Å². The minimum Gasteiger partial charge on any atom is -0.369 e. The molecular formula is C14H10ClFN2O. The number of hydrogen-bond acceptors (Lipinski definition) is 2. The van der Waals surface area contributed by atoms with Crippen molar-refractivity contribution in [2.75, 3.05) is 10.6 Å². The lowest BCUT2D eigenvalue weighted by Gasteiger charge is -2.14. The summed E-state index contributed by atoms with van der Waals surface area (Å²) in [5, 5.41) is 6.25. The van der Waals surface area contributed by atoms with E-state index in [9.17, 15) is 9.18 Å². The molecule has 1 amide bonds. The van der Waals surface area contributed by atoms with Gasteiger partial charge in [0.15, 0.2) is 0 Å². The van der Waals surface area contributed by atoms with Crippen LogP contribution in [0, 0.1) is 5.82 Å². The van der Waals surface area contributed by atoms with Crippen LogP contribution in [0.25, 0.3) is 0 Å². The first-order valence-electron chi connectivity index (χ1n) is 5.76. The quantitative estimate of drug-likeness (QED) is 0.880. The molecular weight excluding hydrogens is 267 g/mol. The normalized spacial score (nSPS) is 16.9. The van der Waals surface area contributed by atoms with Crippen LogP contribution in [0.5, 0.6) is 0 Å². The number of carbonyl (C=O) groups is 1. The van der Waals surface area contributed by atoms with Crippen LogP contribution in [0.15, 0.2) is 42.5 Å². The lowest BCUT2D eigenvalue weighted by Crippen LogP contribution is -2.19. The maximum atomic E-state index is 13.3. The van der Waals surface area contributed by atoms with Crippen molar-refractivity contribution in [3.8, 4) is 0 Å². The molecule has 2 aromatic carbocycles. The Labute approximate surface area is 114 Å². The highest BCUT2D eigenvalue weighted by molar-refractivity contribution is 6.33. The summed E-state index contributed by atoms with van der Waals surface area (Å²) in [5.74, 6) is -0.596. The number of amides is 1. The van der Waals surface area contributed by atoms with Gasteiger partial charge in [-0.15, -0.1) is 0 Å². The van der Waals surface area contributed by atoms with Gasteiger partial charge in [-0.2, -0.15) is 0 Å². The van der Waals surface area contributed by atoms with Crippen molar-refractivity contribution in [1.82, 2.24) is 0 Å². The largest absolute Gasteiger partial charge is 0.369 e. The van der Waals surface area contributed by atoms with Gasteiger partial charge in [-0.1, -0.05) is 23.7 Å². The zero-order valence-electron chi connectivity index (χ0n) is 9.78. The van der Waals surface area contributed by atoms with Crippen molar-refractivity contribution in [2.24, 2.45) is 0 Å². The van der Waals surface area contributed by atoms with Crippen LogP contribution >= 0.6 is 11.6 Å². The van der Waals surface area contributed by atoms with E-state index in [4.69, 9.17) is 11.6 Å². The number of rotatable bonds is 2. The van der Waals surface area contributed by atoms with E-state index >= 15 is 0 Å². The van der Waals surface area contributed by atoms with E-state index in [0.29, 0.717) is 22.0 Å². The Balaban J connectivity index is 1.97. The second-order valence-electron chi connectivity index (χ2n) is 4.28. The van der Waals surface area contributed by atoms with Gasteiger partial charge in [0, 0.05) is 11.3 Å². The van der Waals surface area contributed by atoms with Crippen LogP contribution < -0.4 is 10.6 Å². The molecule has 0 spiro atoms. The van der Waals surface area contributed by atoms with Crippen molar-refractivity contribution in [3.63, 3.8) is 0 Å². The Morgan fingerprint density at radius 3 is 2.79 bits per heavy atom. The van der Waals surface area contributed by atoms with E-state index in [0.717, 1.165) is 0 Å². The molecule has 0 saturated carbocycles. The van der Waals surface area contributed by atoms with E-state index in [1.54, 1.807) is 24.3 Å². The highest BCUT2D eigenvalue weighted by Crippen LogP contribution is 2.35. The zero-order chi connectivity index (χ0) is 13.4. The third-order valence-electron chi connectivity index (χ3n) is 3.02. The maximum absolute atomic E-state index is 13.3. The summed E-state index contributed by atoms with van der Waals surface area (Å²) in [4.78, 5) is 11.9. The summed E-state index contributed by atoms with van der Waals surface area (Å²) in [7, 11) is 0. The summed E-state index contributed by atoms with van der Waals surface area (Å²) < 4.78 is 13.3. The summed E-state index contributed by atoms with van der Waals surface area (Å²) in [6.45, 7) is 0. The van der Waals surface area contributed by atoms with Crippen molar-refractivity contribution >= 4 is 28.9 Å². The Morgan fingerprint density at radius 2 is 2.00 bits per heavy atom. The van der Waals surface area contributed by atoms with Crippen LogP contribution in [0.1, 0.15) is 11.6 Å². The molecule has 0 bridgehead atoms. The molecule has 5 heteroatoms. The van der Waals surface area contributed by atoms with Crippen molar-refractivity contribution in [3.05, 3.63) is 58.9 Å². The molecule has 2 aromatic rings. The molecule has 3 nitrogen and oxygen atoms in total. The summed E-state index contributed by atoms with van der Waals surface area (Å²) in [5.41, 5.74) is 1.85. The van der Waals surface area contributed by atoms with E-state index in [-0.39, 0.29) is 11.7 Å². The van der Waals surface area contributed by atoms with Gasteiger partial charge < -0.3 is 10.6 Å². The highest BCUT2D eigenvalue weighted by atomic mass is 35.5. The molecule has 19 heavy (non-hydrogen) atoms. The number of halogens is 2. The predicted molar refractivity (Wildman–Crippen MR) is 72.8 cm³/mol. The Hall–Kier alpha value is -2.07. The van der Waals surface area contributed by atoms with Gasteiger partial charge in [-0.25, -0.2) is 4.39 Å². The monoisotopic (exact) mass is 276 g/mol. The van der Waals surface area contributed by atoms with Gasteiger partial charge in [-0.05, 0) is 30.3 Å². The molecule has 0 aromatic heterocycles. The first-order valence-corrected chi connectivity index (χ1v) is 6.14. The topological polar surface area (TPSA) is 41.1 Å². The Morgan fingerprint density at radius 1 is 1.21 bits per heavy atom. The zero-order valence-corrected chi connectivity index (χ0v) is 10.5. The second-order valence-corrected chi connectivity index (χ2v) is 4.69. The minimum absolute atomic E-state index is 0.222. The first kappa shape index (κ1) is 12.0. The molecule has 96 valence electrons. The van der Waals surface area contributed by atoms with Crippen molar-refractivity contribution in [2.45, 2.75) is 6.04 Å². The third-order valence-corrected chi connectivity index (χ3v) is 3.35. The van der Waals surface area contributed by atoms with Crippen LogP contribution in [0.3, 0.4) is 0 Å². The van der Waals surface area contributed by atoms with E-state index in [2.05, 4.69) is 10.6 Å². The number of benzene rings is 2. The summed E-state index contributed by atoms with van der Waals surface area (Å²) in [6.07, 6.45) is 0. The Kier molecular flexibility index (Phi) is 2.87. The molecule has 0 saturated heterocycles. The first-order chi connectivity index (χ1) is 9.15. The minimum atomic E-state index is -0.634. The molecule has 1 aliphatic rings. The number of carbonyl (C=O) groups excluding carboxylic acids is 1. The van der Waals surface area contributed by atoms with Gasteiger partial charge in [0.05, 0.1) is 10.7 Å². The average molecular weight is 277 g/mol. The number of anilines is 2. The molecule has 1 atom stereocenters. The van der Waals surface area contributed by atoms with Gasteiger partial charge in [0.1, 0.15) is 11.9 Å². The number of para-hydroxylation sites is 1. The molecule has 2 N–H and O–H groups in total. The predicted octanol–water partition coefficient (Wildman–Crippen LogP) is 3.58. The molecule has 0 radical (unpaired) electrons. The van der Waals surface area contributed by atoms with Gasteiger partial charge in [-0.3, -0.25) is 4.79 Å². The highest BCUT2D eigenvalue weighted by Gasteiger charge is 2.31. The fraction of sp³-hybridized carbons (Fsp3) is 0.0714. The van der Waals surface area contributed by atoms with E-state index in [1.165, 1.54) is 12.1 Å². The molecule has 0 aliphatic carbocycles. The number of hydrogen-bond donors (Lipinski definition) is 2. The van der Waals surface area contributed by atoms with Crippen LogP contribution in [0.4, 0.5) is 15.8 Å². The number of nitrogens with one attached hydrogen (secondary N) is 2. The molecule has 3 rings (SSSR count). The molecule has 1 unspecified atom stereocenters. The van der Waals surface area contributed by atoms with E-state index < -0.39 is 6.04 Å². The molecule has 1 aliphatic heterocycles. The fourth-order valence-electron chi connectivity index (χ4n) is 2.11. The van der Waals surface area contributed by atoms with Gasteiger partial charge in [0.25, 0.3) is 5.91 Å². The molecule has 1 heterocycles. The second kappa shape index (κ2) is 4.55. The smallest absolute Gasteiger partial charge is 0.251 e. The van der Waals surface area contributed by atoms with Gasteiger partial charge in [0.2, 0.25) is 0 Å². The third kappa shape index (κ3) is 2.15. The van der Waals surface area contributed by atoms with Crippen LogP contribution in [-0.4, -0.2) is 5.91 Å². The lowest BCUT2D eigenvalue weighted by molar-refractivity contribution is -0.116. The Bertz CT molecular complexity index is 660. The summed E-state index contributed by atoms with van der Waals surface area (Å²) in [6, 6.07) is 10.7. The number of fused-ring (bicyclic) bond motifs is 1. The van der Waals surface area contributed by atoms with Crippen LogP contribution in [0.2, 0.25) is 5.02 Å². The summed E-state index contributed by atoms with van der Waals surface area (Å²) >= 11 is 6.04. The molecule has 0 fully saturated rings. The van der Waals surface area contributed by atoms with Gasteiger partial charge >= 0.3 is 0 Å². The average Bonchev–Trinajstić information content (AvgIpc) is 2.69. The van der Waals surface area contributed by atoms with Crippen molar-refractivity contribution < 1.29 is 9.18 Å². The standard InChI is InChI=1S/C14H10ClFN2O/c15-10-3-1-2-4-12(10)17-13-9-7-8(16)5-6-11(9)18-14(13)19/h1-7,13,17H,(H,18,19). The van der Waals surface area contributed by atoms with E-state index in [1.807, 2.05) is 6.07 Å². The SMILES string of the molecule is O=C1Nc2ccc(F)cc2C1Nc1ccccc1Cl. The van der Waals surface area contributed by atoms with Crippen LogP contribution in [-0.2, 0) is 4.79 Å². The maximum Gasteiger partial charge on any atom is 0.251 e. The fourth-order valence-corrected chi connectivity index (χ4v) is 2.30. The lowest BCUT2D eigenvalue weighted by atomic mass is 10.1.